The van der Waals surface area contributed by atoms with Crippen molar-refractivity contribution < 1.29 is 9.18 Å². The third kappa shape index (κ3) is 3.49. The van der Waals surface area contributed by atoms with Crippen LogP contribution >= 0.6 is 11.6 Å². The summed E-state index contributed by atoms with van der Waals surface area (Å²) in [5.74, 6) is -0.478. The van der Waals surface area contributed by atoms with E-state index in [2.05, 4.69) is 0 Å². The molecule has 1 atom stereocenters. The van der Waals surface area contributed by atoms with Gasteiger partial charge in [-0.25, -0.2) is 4.39 Å². The summed E-state index contributed by atoms with van der Waals surface area (Å²) in [4.78, 5) is 14.1. The Morgan fingerprint density at radius 2 is 2.25 bits per heavy atom. The number of hydrogen-bond acceptors (Lipinski definition) is 2. The first-order valence-electron chi connectivity index (χ1n) is 7.03. The normalized spacial score (nSPS) is 16.0. The second-order valence-corrected chi connectivity index (χ2v) is 5.70. The third-order valence-corrected chi connectivity index (χ3v) is 3.93. The van der Waals surface area contributed by atoms with Crippen LogP contribution in [0.2, 0.25) is 5.02 Å². The van der Waals surface area contributed by atoms with E-state index in [1.165, 1.54) is 6.07 Å². The third-order valence-electron chi connectivity index (χ3n) is 3.58. The predicted octanol–water partition coefficient (Wildman–Crippen LogP) is 3.10. The van der Waals surface area contributed by atoms with E-state index in [1.54, 1.807) is 17.0 Å². The number of rotatable bonds is 6. The van der Waals surface area contributed by atoms with Crippen LogP contribution in [0.3, 0.4) is 0 Å². The number of amides is 1. The predicted molar refractivity (Wildman–Crippen MR) is 77.9 cm³/mol. The Morgan fingerprint density at radius 1 is 1.55 bits per heavy atom. The van der Waals surface area contributed by atoms with Crippen LogP contribution in [-0.2, 0) is 11.3 Å². The first kappa shape index (κ1) is 15.3. The van der Waals surface area contributed by atoms with Gasteiger partial charge in [0.1, 0.15) is 5.82 Å². The van der Waals surface area contributed by atoms with Gasteiger partial charge in [0.15, 0.2) is 0 Å². The molecule has 0 heterocycles. The molecule has 0 spiro atoms. The van der Waals surface area contributed by atoms with Gasteiger partial charge in [0.2, 0.25) is 5.91 Å². The summed E-state index contributed by atoms with van der Waals surface area (Å²) in [6.07, 6.45) is 3.41. The molecule has 0 unspecified atom stereocenters. The van der Waals surface area contributed by atoms with Gasteiger partial charge in [0.25, 0.3) is 0 Å². The summed E-state index contributed by atoms with van der Waals surface area (Å²) in [6, 6.07) is 4.24. The van der Waals surface area contributed by atoms with Crippen LogP contribution < -0.4 is 5.73 Å². The highest BCUT2D eigenvalue weighted by Gasteiger charge is 2.35. The van der Waals surface area contributed by atoms with Crippen molar-refractivity contribution in [3.05, 3.63) is 34.6 Å². The van der Waals surface area contributed by atoms with Crippen LogP contribution in [0.5, 0.6) is 0 Å². The largest absolute Gasteiger partial charge is 0.334 e. The van der Waals surface area contributed by atoms with Crippen molar-refractivity contribution >= 4 is 17.5 Å². The van der Waals surface area contributed by atoms with Gasteiger partial charge in [0, 0.05) is 16.6 Å². The Hall–Kier alpha value is -1.13. The van der Waals surface area contributed by atoms with Crippen molar-refractivity contribution in [2.24, 2.45) is 5.73 Å². The molecule has 1 aliphatic carbocycles. The first-order valence-corrected chi connectivity index (χ1v) is 7.41. The number of nitrogens with two attached hydrogens (primary N) is 1. The van der Waals surface area contributed by atoms with Gasteiger partial charge in [0.05, 0.1) is 12.6 Å². The Bertz CT molecular complexity index is 471. The minimum Gasteiger partial charge on any atom is -0.334 e. The molecule has 0 aliphatic heterocycles. The summed E-state index contributed by atoms with van der Waals surface area (Å²) in [6.45, 7) is 2.19. The van der Waals surface area contributed by atoms with Gasteiger partial charge in [-0.3, -0.25) is 4.79 Å². The second-order valence-electron chi connectivity index (χ2n) is 5.29. The topological polar surface area (TPSA) is 46.3 Å². The number of carbonyl (C=O) groups is 1. The maximum Gasteiger partial charge on any atom is 0.240 e. The minimum absolute atomic E-state index is 0.103. The van der Waals surface area contributed by atoms with E-state index in [0.717, 1.165) is 19.3 Å². The van der Waals surface area contributed by atoms with Crippen molar-refractivity contribution in [1.29, 1.82) is 0 Å². The maximum absolute atomic E-state index is 13.9. The van der Waals surface area contributed by atoms with Crippen molar-refractivity contribution in [3.63, 3.8) is 0 Å². The number of benzene rings is 1. The molecule has 5 heteroatoms. The van der Waals surface area contributed by atoms with Crippen LogP contribution in [0.25, 0.3) is 0 Å². The second kappa shape index (κ2) is 6.55. The van der Waals surface area contributed by atoms with Crippen molar-refractivity contribution in [2.75, 3.05) is 0 Å². The van der Waals surface area contributed by atoms with Crippen LogP contribution in [0, 0.1) is 5.82 Å². The summed E-state index contributed by atoms with van der Waals surface area (Å²) >= 11 is 6.03. The van der Waals surface area contributed by atoms with Crippen molar-refractivity contribution in [1.82, 2.24) is 4.90 Å². The quantitative estimate of drug-likeness (QED) is 0.877. The summed E-state index contributed by atoms with van der Waals surface area (Å²) < 4.78 is 13.9. The van der Waals surface area contributed by atoms with E-state index >= 15 is 0 Å². The maximum atomic E-state index is 13.9. The molecule has 2 rings (SSSR count). The lowest BCUT2D eigenvalue weighted by Gasteiger charge is -2.26. The standard InChI is InChI=1S/C15H20ClFN2O/c1-2-4-14(18)15(20)19(10-7-8-10)9-11-12(16)5-3-6-13(11)17/h3,5-6,10,14H,2,4,7-9,18H2,1H3/t14-/m1/s1. The van der Waals surface area contributed by atoms with Gasteiger partial charge >= 0.3 is 0 Å². The lowest BCUT2D eigenvalue weighted by Crippen LogP contribution is -2.44. The Kier molecular flexibility index (Phi) is 5.00. The van der Waals surface area contributed by atoms with Crippen LogP contribution in [0.4, 0.5) is 4.39 Å². The molecular weight excluding hydrogens is 279 g/mol. The molecule has 1 amide bonds. The van der Waals surface area contributed by atoms with Crippen LogP contribution in [-0.4, -0.2) is 22.9 Å². The summed E-state index contributed by atoms with van der Waals surface area (Å²) in [7, 11) is 0. The van der Waals surface area contributed by atoms with E-state index in [0.29, 0.717) is 17.0 Å². The fourth-order valence-electron chi connectivity index (χ4n) is 2.27. The zero-order chi connectivity index (χ0) is 14.7. The molecule has 1 aliphatic rings. The van der Waals surface area contributed by atoms with E-state index < -0.39 is 6.04 Å². The van der Waals surface area contributed by atoms with Crippen LogP contribution in [0.1, 0.15) is 38.2 Å². The zero-order valence-corrected chi connectivity index (χ0v) is 12.4. The fraction of sp³-hybridized carbons (Fsp3) is 0.533. The van der Waals surface area contributed by atoms with Gasteiger partial charge in [-0.2, -0.15) is 0 Å². The van der Waals surface area contributed by atoms with E-state index in [9.17, 15) is 9.18 Å². The Labute approximate surface area is 123 Å². The van der Waals surface area contributed by atoms with Gasteiger partial charge < -0.3 is 10.6 Å². The molecule has 1 aromatic rings. The summed E-state index contributed by atoms with van der Waals surface area (Å²) in [5, 5.41) is 0.354. The average Bonchev–Trinajstić information content (AvgIpc) is 3.22. The van der Waals surface area contributed by atoms with Gasteiger partial charge in [-0.1, -0.05) is 31.0 Å². The molecule has 20 heavy (non-hydrogen) atoms. The molecule has 110 valence electrons. The summed E-state index contributed by atoms with van der Waals surface area (Å²) in [5.41, 5.74) is 6.28. The molecule has 1 saturated carbocycles. The molecule has 0 radical (unpaired) electrons. The molecular formula is C15H20ClFN2O. The van der Waals surface area contributed by atoms with Crippen LogP contribution in [0.15, 0.2) is 18.2 Å². The molecule has 1 fully saturated rings. The molecule has 1 aromatic carbocycles. The molecule has 0 aromatic heterocycles. The minimum atomic E-state index is -0.508. The lowest BCUT2D eigenvalue weighted by molar-refractivity contribution is -0.134. The smallest absolute Gasteiger partial charge is 0.240 e. The van der Waals surface area contributed by atoms with Crippen molar-refractivity contribution in [2.45, 2.75) is 51.2 Å². The molecule has 2 N–H and O–H groups in total. The molecule has 0 saturated heterocycles. The number of halogens is 2. The highest BCUT2D eigenvalue weighted by molar-refractivity contribution is 6.31. The number of hydrogen-bond donors (Lipinski definition) is 1. The monoisotopic (exact) mass is 298 g/mol. The highest BCUT2D eigenvalue weighted by atomic mass is 35.5. The van der Waals surface area contributed by atoms with E-state index in [-0.39, 0.29) is 24.3 Å². The average molecular weight is 299 g/mol. The van der Waals surface area contributed by atoms with Gasteiger partial charge in [-0.15, -0.1) is 0 Å². The van der Waals surface area contributed by atoms with Gasteiger partial charge in [-0.05, 0) is 31.4 Å². The zero-order valence-electron chi connectivity index (χ0n) is 11.6. The SMILES string of the molecule is CCC[C@@H](N)C(=O)N(Cc1c(F)cccc1Cl)C1CC1. The Morgan fingerprint density at radius 3 is 2.80 bits per heavy atom. The molecule has 0 bridgehead atoms. The first-order chi connectivity index (χ1) is 9.54. The highest BCUT2D eigenvalue weighted by Crippen LogP contribution is 2.31. The fourth-order valence-corrected chi connectivity index (χ4v) is 2.50. The molecule has 3 nitrogen and oxygen atoms in total. The van der Waals surface area contributed by atoms with Crippen molar-refractivity contribution in [3.8, 4) is 0 Å². The lowest BCUT2D eigenvalue weighted by atomic mass is 10.1. The van der Waals surface area contributed by atoms with E-state index in [1.807, 2.05) is 6.92 Å². The number of carbonyl (C=O) groups excluding carboxylic acids is 1. The Balaban J connectivity index is 2.16. The van der Waals surface area contributed by atoms with E-state index in [4.69, 9.17) is 17.3 Å². The number of nitrogens with zero attached hydrogens (tertiary/aromatic N) is 1.